The van der Waals surface area contributed by atoms with E-state index in [-0.39, 0.29) is 0 Å². The summed E-state index contributed by atoms with van der Waals surface area (Å²) >= 11 is 9.13. The summed E-state index contributed by atoms with van der Waals surface area (Å²) in [5, 5.41) is 2.84. The minimum Gasteiger partial charge on any atom is -0.412 e. The van der Waals surface area contributed by atoms with Crippen molar-refractivity contribution in [3.63, 3.8) is 0 Å². The van der Waals surface area contributed by atoms with Crippen LogP contribution in [-0.2, 0) is 12.6 Å². The van der Waals surface area contributed by atoms with Crippen molar-refractivity contribution in [2.75, 3.05) is 13.1 Å². The zero-order valence-corrected chi connectivity index (χ0v) is 8.99. The van der Waals surface area contributed by atoms with E-state index in [1.165, 1.54) is 6.42 Å². The van der Waals surface area contributed by atoms with Gasteiger partial charge < -0.3 is 35.9 Å². The SMILES string of the molecule is CCCNC(=S)[S-].CCC[NH3+]. The Balaban J connectivity index is 0. The average molecular weight is 194 g/mol. The van der Waals surface area contributed by atoms with Gasteiger partial charge in [0.15, 0.2) is 0 Å². The van der Waals surface area contributed by atoms with Gasteiger partial charge in [-0.25, -0.2) is 0 Å². The van der Waals surface area contributed by atoms with E-state index in [9.17, 15) is 0 Å². The smallest absolute Gasteiger partial charge is 0.0737 e. The fourth-order valence-electron chi connectivity index (χ4n) is 0.227. The Hall–Kier alpha value is 0.0700. The van der Waals surface area contributed by atoms with Crippen LogP contribution in [0.2, 0.25) is 0 Å². The Kier molecular flexibility index (Phi) is 15.8. The van der Waals surface area contributed by atoms with Crippen LogP contribution in [0.3, 0.4) is 0 Å². The molecule has 0 bridgehead atoms. The van der Waals surface area contributed by atoms with Crippen LogP contribution < -0.4 is 11.1 Å². The van der Waals surface area contributed by atoms with Gasteiger partial charge in [0.2, 0.25) is 0 Å². The van der Waals surface area contributed by atoms with E-state index >= 15 is 0 Å². The molecule has 0 saturated heterocycles. The van der Waals surface area contributed by atoms with Gasteiger partial charge in [-0.2, -0.15) is 0 Å². The first kappa shape index (κ1) is 13.6. The Morgan fingerprint density at radius 2 is 1.91 bits per heavy atom. The maximum absolute atomic E-state index is 4.56. The normalized spacial score (nSPS) is 7.91. The highest BCUT2D eigenvalue weighted by atomic mass is 32.1. The van der Waals surface area contributed by atoms with Crippen molar-refractivity contribution in [2.45, 2.75) is 26.7 Å². The molecule has 2 nitrogen and oxygen atoms in total. The second-order valence-corrected chi connectivity index (χ2v) is 3.14. The number of quaternary nitrogens is 1. The van der Waals surface area contributed by atoms with Gasteiger partial charge in [0.05, 0.1) is 6.54 Å². The minimum absolute atomic E-state index is 0.474. The number of rotatable bonds is 3. The third kappa shape index (κ3) is 25.5. The molecule has 68 valence electrons. The van der Waals surface area contributed by atoms with E-state index in [0.717, 1.165) is 19.5 Å². The van der Waals surface area contributed by atoms with E-state index in [1.807, 2.05) is 0 Å². The lowest BCUT2D eigenvalue weighted by Gasteiger charge is -2.05. The van der Waals surface area contributed by atoms with E-state index < -0.39 is 0 Å². The second kappa shape index (κ2) is 12.7. The summed E-state index contributed by atoms with van der Waals surface area (Å²) in [6.45, 7) is 6.16. The molecule has 0 aromatic rings. The van der Waals surface area contributed by atoms with Crippen LogP contribution in [0.4, 0.5) is 0 Å². The molecule has 4 N–H and O–H groups in total. The zero-order chi connectivity index (χ0) is 9.11. The molecule has 0 fully saturated rings. The molecule has 0 saturated carbocycles. The molecule has 0 radical (unpaired) electrons. The molecule has 0 spiro atoms. The quantitative estimate of drug-likeness (QED) is 0.506. The van der Waals surface area contributed by atoms with Crippen molar-refractivity contribution < 1.29 is 5.73 Å². The third-order valence-corrected chi connectivity index (χ3v) is 1.16. The molecule has 0 amide bonds. The molecular weight excluding hydrogens is 176 g/mol. The summed E-state index contributed by atoms with van der Waals surface area (Å²) in [7, 11) is 0. The number of hydrogen-bond acceptors (Lipinski definition) is 2. The highest BCUT2D eigenvalue weighted by molar-refractivity contribution is 8.00. The van der Waals surface area contributed by atoms with Crippen LogP contribution in [0.5, 0.6) is 0 Å². The standard InChI is InChI=1S/C4H9NS2.C3H9N/c1-2-3-5-4(6)7;1-2-3-4/h2-3H2,1H3,(H2,5,6,7);2-4H2,1H3. The first-order valence-electron chi connectivity index (χ1n) is 3.93. The molecule has 0 aromatic carbocycles. The van der Waals surface area contributed by atoms with Gasteiger partial charge in [0, 0.05) is 6.54 Å². The maximum Gasteiger partial charge on any atom is 0.0737 e. The number of nitrogens with one attached hydrogen (secondary N) is 1. The van der Waals surface area contributed by atoms with Gasteiger partial charge in [-0.3, -0.25) is 0 Å². The molecule has 11 heavy (non-hydrogen) atoms. The van der Waals surface area contributed by atoms with E-state index in [4.69, 9.17) is 0 Å². The van der Waals surface area contributed by atoms with Crippen LogP contribution in [0.15, 0.2) is 0 Å². The Morgan fingerprint density at radius 3 is 2.00 bits per heavy atom. The first-order valence-corrected chi connectivity index (χ1v) is 4.74. The fraction of sp³-hybridized carbons (Fsp3) is 0.857. The molecule has 0 atom stereocenters. The van der Waals surface area contributed by atoms with Crippen molar-refractivity contribution in [1.29, 1.82) is 0 Å². The lowest BCUT2D eigenvalue weighted by atomic mass is 10.5. The van der Waals surface area contributed by atoms with Crippen LogP contribution >= 0.6 is 12.2 Å². The van der Waals surface area contributed by atoms with Crippen LogP contribution in [0.1, 0.15) is 26.7 Å². The summed E-state index contributed by atoms with van der Waals surface area (Å²) in [5.74, 6) is 0. The maximum atomic E-state index is 4.56. The molecular formula is C7H18N2S2. The van der Waals surface area contributed by atoms with Crippen molar-refractivity contribution in [3.05, 3.63) is 0 Å². The summed E-state index contributed by atoms with van der Waals surface area (Å²) in [5.41, 5.74) is 3.60. The molecule has 0 rings (SSSR count). The third-order valence-electron chi connectivity index (χ3n) is 0.873. The largest absolute Gasteiger partial charge is 0.412 e. The highest BCUT2D eigenvalue weighted by Crippen LogP contribution is 1.69. The lowest BCUT2D eigenvalue weighted by Crippen LogP contribution is -2.49. The van der Waals surface area contributed by atoms with E-state index in [2.05, 4.69) is 49.7 Å². The van der Waals surface area contributed by atoms with Crippen molar-refractivity contribution in [3.8, 4) is 0 Å². The van der Waals surface area contributed by atoms with E-state index in [0.29, 0.717) is 4.32 Å². The molecule has 4 heteroatoms. The second-order valence-electron chi connectivity index (χ2n) is 2.07. The van der Waals surface area contributed by atoms with Crippen LogP contribution in [-0.4, -0.2) is 17.4 Å². The summed E-state index contributed by atoms with van der Waals surface area (Å²) < 4.78 is 0.474. The van der Waals surface area contributed by atoms with Crippen LogP contribution in [0, 0.1) is 0 Å². The topological polar surface area (TPSA) is 39.7 Å². The van der Waals surface area contributed by atoms with Gasteiger partial charge in [0.1, 0.15) is 0 Å². The van der Waals surface area contributed by atoms with Gasteiger partial charge in [-0.15, -0.1) is 0 Å². The molecule has 0 aliphatic rings. The Labute approximate surface area is 80.3 Å². The molecule has 0 aliphatic carbocycles. The number of thiocarbonyl (C=S) groups is 1. The Bertz CT molecular complexity index is 84.5. The van der Waals surface area contributed by atoms with Crippen LogP contribution in [0.25, 0.3) is 0 Å². The minimum atomic E-state index is 0.474. The van der Waals surface area contributed by atoms with Gasteiger partial charge >= 0.3 is 0 Å². The molecule has 0 unspecified atom stereocenters. The first-order chi connectivity index (χ1) is 5.18. The summed E-state index contributed by atoms with van der Waals surface area (Å²) in [6.07, 6.45) is 2.29. The zero-order valence-electron chi connectivity index (χ0n) is 7.35. The van der Waals surface area contributed by atoms with Crippen molar-refractivity contribution in [1.82, 2.24) is 5.32 Å². The highest BCUT2D eigenvalue weighted by Gasteiger charge is 1.71. The lowest BCUT2D eigenvalue weighted by molar-refractivity contribution is -0.367. The summed E-state index contributed by atoms with van der Waals surface area (Å²) in [6, 6.07) is 0. The predicted octanol–water partition coefficient (Wildman–Crippen LogP) is 0.456. The molecule has 0 aliphatic heterocycles. The van der Waals surface area contributed by atoms with Crippen molar-refractivity contribution in [2.24, 2.45) is 0 Å². The fourth-order valence-corrected chi connectivity index (χ4v) is 0.431. The molecule has 0 heterocycles. The Morgan fingerprint density at radius 1 is 1.45 bits per heavy atom. The monoisotopic (exact) mass is 194 g/mol. The summed E-state index contributed by atoms with van der Waals surface area (Å²) in [4.78, 5) is 0. The van der Waals surface area contributed by atoms with Gasteiger partial charge in [0.25, 0.3) is 0 Å². The molecule has 0 aromatic heterocycles. The van der Waals surface area contributed by atoms with Crippen molar-refractivity contribution >= 4 is 29.2 Å². The predicted molar refractivity (Wildman–Crippen MR) is 56.3 cm³/mol. The van der Waals surface area contributed by atoms with Gasteiger partial charge in [-0.05, 0) is 12.8 Å². The van der Waals surface area contributed by atoms with E-state index in [1.54, 1.807) is 0 Å². The average Bonchev–Trinajstić information content (AvgIpc) is 2.01. The van der Waals surface area contributed by atoms with Gasteiger partial charge in [-0.1, -0.05) is 18.2 Å². The number of hydrogen-bond donors (Lipinski definition) is 2.